The van der Waals surface area contributed by atoms with Gasteiger partial charge in [0.25, 0.3) is 0 Å². The summed E-state index contributed by atoms with van der Waals surface area (Å²) < 4.78 is 0. The van der Waals surface area contributed by atoms with Crippen molar-refractivity contribution >= 4 is 5.69 Å². The Hall–Kier alpha value is -1.06. The first-order valence-corrected chi connectivity index (χ1v) is 8.05. The first kappa shape index (κ1) is 13.9. The van der Waals surface area contributed by atoms with Crippen LogP contribution in [0, 0.1) is 0 Å². The summed E-state index contributed by atoms with van der Waals surface area (Å²) in [4.78, 5) is 5.19. The summed E-state index contributed by atoms with van der Waals surface area (Å²) in [6, 6.07) is 9.28. The van der Waals surface area contributed by atoms with E-state index in [1.54, 1.807) is 0 Å². The summed E-state index contributed by atoms with van der Waals surface area (Å²) >= 11 is 0. The van der Waals surface area contributed by atoms with Crippen molar-refractivity contribution in [2.75, 3.05) is 31.1 Å². The van der Waals surface area contributed by atoms with Crippen molar-refractivity contribution in [3.8, 4) is 0 Å². The van der Waals surface area contributed by atoms with Gasteiger partial charge in [-0.05, 0) is 49.9 Å². The van der Waals surface area contributed by atoms with Crippen LogP contribution in [0.25, 0.3) is 0 Å². The molecule has 2 atom stereocenters. The van der Waals surface area contributed by atoms with E-state index in [1.807, 2.05) is 6.92 Å². The molecule has 110 valence electrons. The molecule has 2 heterocycles. The fourth-order valence-corrected chi connectivity index (χ4v) is 3.58. The molecule has 1 aromatic carbocycles. The van der Waals surface area contributed by atoms with Crippen molar-refractivity contribution in [1.82, 2.24) is 4.90 Å². The molecule has 0 spiro atoms. The van der Waals surface area contributed by atoms with Crippen LogP contribution in [0.15, 0.2) is 24.3 Å². The summed E-state index contributed by atoms with van der Waals surface area (Å²) in [5.41, 5.74) is 2.35. The van der Waals surface area contributed by atoms with Crippen molar-refractivity contribution in [3.05, 3.63) is 29.8 Å². The first-order valence-electron chi connectivity index (χ1n) is 8.05. The highest BCUT2D eigenvalue weighted by Gasteiger charge is 2.28. The Morgan fingerprint density at radius 3 is 2.65 bits per heavy atom. The molecule has 2 fully saturated rings. The van der Waals surface area contributed by atoms with Crippen LogP contribution in [-0.4, -0.2) is 42.2 Å². The van der Waals surface area contributed by atoms with Crippen LogP contribution in [0.4, 0.5) is 5.69 Å². The van der Waals surface area contributed by atoms with E-state index < -0.39 is 0 Å². The maximum atomic E-state index is 9.88. The normalized spacial score (nSPS) is 25.3. The highest BCUT2D eigenvalue weighted by atomic mass is 16.3. The fraction of sp³-hybridized carbons (Fsp3) is 0.647. The molecule has 1 unspecified atom stereocenters. The maximum absolute atomic E-state index is 9.88. The van der Waals surface area contributed by atoms with Gasteiger partial charge in [-0.15, -0.1) is 0 Å². The topological polar surface area (TPSA) is 26.7 Å². The molecule has 3 rings (SSSR count). The Morgan fingerprint density at radius 2 is 1.90 bits per heavy atom. The van der Waals surface area contributed by atoms with Crippen molar-refractivity contribution in [1.29, 1.82) is 0 Å². The number of hydrogen-bond donors (Lipinski definition) is 1. The van der Waals surface area contributed by atoms with Gasteiger partial charge in [0, 0.05) is 31.4 Å². The Morgan fingerprint density at radius 1 is 1.15 bits per heavy atom. The number of aliphatic hydroxyl groups is 1. The lowest BCUT2D eigenvalue weighted by Gasteiger charge is -2.27. The zero-order chi connectivity index (χ0) is 13.9. The van der Waals surface area contributed by atoms with Crippen LogP contribution < -0.4 is 4.90 Å². The van der Waals surface area contributed by atoms with Crippen LogP contribution in [0.2, 0.25) is 0 Å². The molecule has 3 heteroatoms. The summed E-state index contributed by atoms with van der Waals surface area (Å²) in [6.07, 6.45) is 4.43. The van der Waals surface area contributed by atoms with Crippen LogP contribution in [0.3, 0.4) is 0 Å². The predicted molar refractivity (Wildman–Crippen MR) is 83.1 cm³/mol. The van der Waals surface area contributed by atoms with Gasteiger partial charge in [0.15, 0.2) is 0 Å². The van der Waals surface area contributed by atoms with Crippen molar-refractivity contribution in [2.45, 2.75) is 44.8 Å². The molecule has 0 bridgehead atoms. The lowest BCUT2D eigenvalue weighted by molar-refractivity contribution is 0.173. The van der Waals surface area contributed by atoms with Gasteiger partial charge in [-0.3, -0.25) is 4.90 Å². The SMILES string of the molecule is CC[C@H](O)c1ccc(N2CCCN3CCCC3C2)cc1. The Bertz CT molecular complexity index is 431. The maximum Gasteiger partial charge on any atom is 0.0787 e. The van der Waals surface area contributed by atoms with Crippen LogP contribution in [0.5, 0.6) is 0 Å². The second kappa shape index (κ2) is 6.15. The quantitative estimate of drug-likeness (QED) is 0.918. The van der Waals surface area contributed by atoms with E-state index in [4.69, 9.17) is 0 Å². The lowest BCUT2D eigenvalue weighted by atomic mass is 10.1. The molecule has 3 nitrogen and oxygen atoms in total. The van der Waals surface area contributed by atoms with Gasteiger partial charge in [-0.1, -0.05) is 19.1 Å². The second-order valence-corrected chi connectivity index (χ2v) is 6.15. The molecule has 0 saturated carbocycles. The van der Waals surface area contributed by atoms with E-state index >= 15 is 0 Å². The molecular formula is C17H26N2O. The molecular weight excluding hydrogens is 248 g/mol. The van der Waals surface area contributed by atoms with Crippen LogP contribution in [-0.2, 0) is 0 Å². The van der Waals surface area contributed by atoms with Gasteiger partial charge in [0.2, 0.25) is 0 Å². The van der Waals surface area contributed by atoms with Gasteiger partial charge in [0.05, 0.1) is 6.10 Å². The van der Waals surface area contributed by atoms with Crippen LogP contribution >= 0.6 is 0 Å². The highest BCUT2D eigenvalue weighted by Crippen LogP contribution is 2.26. The number of benzene rings is 1. The summed E-state index contributed by atoms with van der Waals surface area (Å²) in [5.74, 6) is 0. The Labute approximate surface area is 122 Å². The Balaban J connectivity index is 1.71. The fourth-order valence-electron chi connectivity index (χ4n) is 3.58. The zero-order valence-corrected chi connectivity index (χ0v) is 12.5. The molecule has 1 N–H and O–H groups in total. The number of aliphatic hydroxyl groups excluding tert-OH is 1. The molecule has 0 aliphatic carbocycles. The van der Waals surface area contributed by atoms with Gasteiger partial charge >= 0.3 is 0 Å². The molecule has 2 saturated heterocycles. The van der Waals surface area contributed by atoms with E-state index in [0.29, 0.717) is 0 Å². The minimum Gasteiger partial charge on any atom is -0.388 e. The standard InChI is InChI=1S/C17H26N2O/c1-2-17(20)14-6-8-15(9-7-14)19-12-4-11-18-10-3-5-16(18)13-19/h6-9,16-17,20H,2-5,10-13H2,1H3/t16?,17-/m0/s1. The Kier molecular flexibility index (Phi) is 4.27. The van der Waals surface area contributed by atoms with E-state index in [9.17, 15) is 5.11 Å². The van der Waals surface area contributed by atoms with Crippen LogP contribution in [0.1, 0.15) is 44.3 Å². The van der Waals surface area contributed by atoms with Crippen molar-refractivity contribution in [2.24, 2.45) is 0 Å². The third kappa shape index (κ3) is 2.84. The molecule has 2 aliphatic rings. The lowest BCUT2D eigenvalue weighted by Crippen LogP contribution is -2.36. The van der Waals surface area contributed by atoms with E-state index in [-0.39, 0.29) is 6.10 Å². The van der Waals surface area contributed by atoms with E-state index in [0.717, 1.165) is 31.1 Å². The van der Waals surface area contributed by atoms with Crippen molar-refractivity contribution in [3.63, 3.8) is 0 Å². The predicted octanol–water partition coefficient (Wildman–Crippen LogP) is 2.80. The number of hydrogen-bond acceptors (Lipinski definition) is 3. The summed E-state index contributed by atoms with van der Waals surface area (Å²) in [5, 5.41) is 9.88. The zero-order valence-electron chi connectivity index (χ0n) is 12.5. The van der Waals surface area contributed by atoms with Gasteiger partial charge in [0.1, 0.15) is 0 Å². The molecule has 2 aliphatic heterocycles. The first-order chi connectivity index (χ1) is 9.78. The second-order valence-electron chi connectivity index (χ2n) is 6.15. The van der Waals surface area contributed by atoms with Gasteiger partial charge in [-0.2, -0.15) is 0 Å². The molecule has 20 heavy (non-hydrogen) atoms. The van der Waals surface area contributed by atoms with E-state index in [2.05, 4.69) is 34.1 Å². The third-order valence-electron chi connectivity index (χ3n) is 4.83. The van der Waals surface area contributed by atoms with Gasteiger partial charge < -0.3 is 10.0 Å². The largest absolute Gasteiger partial charge is 0.388 e. The number of nitrogens with zero attached hydrogens (tertiary/aromatic N) is 2. The molecule has 1 aromatic rings. The average molecular weight is 274 g/mol. The number of anilines is 1. The summed E-state index contributed by atoms with van der Waals surface area (Å²) in [6.45, 7) is 6.88. The minimum absolute atomic E-state index is 0.321. The smallest absolute Gasteiger partial charge is 0.0787 e. The van der Waals surface area contributed by atoms with Gasteiger partial charge in [-0.25, -0.2) is 0 Å². The summed E-state index contributed by atoms with van der Waals surface area (Å²) in [7, 11) is 0. The number of rotatable bonds is 3. The third-order valence-corrected chi connectivity index (χ3v) is 4.83. The highest BCUT2D eigenvalue weighted by molar-refractivity contribution is 5.48. The molecule has 0 aromatic heterocycles. The van der Waals surface area contributed by atoms with Crippen molar-refractivity contribution < 1.29 is 5.11 Å². The minimum atomic E-state index is -0.321. The van der Waals surface area contributed by atoms with E-state index in [1.165, 1.54) is 38.0 Å². The molecule has 0 amide bonds. The number of fused-ring (bicyclic) bond motifs is 1. The monoisotopic (exact) mass is 274 g/mol. The molecule has 0 radical (unpaired) electrons. The average Bonchev–Trinajstić information content (AvgIpc) is 2.83.